The van der Waals surface area contributed by atoms with E-state index in [9.17, 15) is 8.42 Å². The van der Waals surface area contributed by atoms with Crippen LogP contribution in [0.5, 0.6) is 0 Å². The minimum atomic E-state index is -3.51. The molecule has 0 aliphatic rings. The summed E-state index contributed by atoms with van der Waals surface area (Å²) in [6.07, 6.45) is 0.830. The second-order valence-corrected chi connectivity index (χ2v) is 7.86. The third kappa shape index (κ3) is 3.33. The summed E-state index contributed by atoms with van der Waals surface area (Å²) >= 11 is 0. The largest absolute Gasteiger partial charge is 0.398 e. The third-order valence-corrected chi connectivity index (χ3v) is 5.98. The van der Waals surface area contributed by atoms with E-state index >= 15 is 0 Å². The van der Waals surface area contributed by atoms with E-state index in [0.29, 0.717) is 22.1 Å². The first-order valence-electron chi connectivity index (χ1n) is 6.92. The Morgan fingerprint density at radius 2 is 1.75 bits per heavy atom. The number of rotatable bonds is 5. The van der Waals surface area contributed by atoms with Gasteiger partial charge >= 0.3 is 0 Å². The van der Waals surface area contributed by atoms with Crippen molar-refractivity contribution in [3.63, 3.8) is 0 Å². The van der Waals surface area contributed by atoms with Gasteiger partial charge < -0.3 is 5.73 Å². The van der Waals surface area contributed by atoms with Crippen molar-refractivity contribution < 1.29 is 8.42 Å². The Morgan fingerprint density at radius 3 is 2.25 bits per heavy atom. The van der Waals surface area contributed by atoms with Gasteiger partial charge in [-0.2, -0.15) is 4.31 Å². The van der Waals surface area contributed by atoms with E-state index in [1.54, 1.807) is 33.0 Å². The van der Waals surface area contributed by atoms with Crippen LogP contribution in [0.15, 0.2) is 17.0 Å². The molecular formula is C15H26N2O2S. The summed E-state index contributed by atoms with van der Waals surface area (Å²) < 4.78 is 27.1. The summed E-state index contributed by atoms with van der Waals surface area (Å²) in [6.45, 7) is 9.69. The van der Waals surface area contributed by atoms with E-state index in [0.717, 1.165) is 12.0 Å². The zero-order chi connectivity index (χ0) is 15.7. The first-order chi connectivity index (χ1) is 9.09. The Labute approximate surface area is 123 Å². The number of hydrogen-bond acceptors (Lipinski definition) is 3. The smallest absolute Gasteiger partial charge is 0.243 e. The number of sulfonamides is 1. The summed E-state index contributed by atoms with van der Waals surface area (Å²) in [4.78, 5) is 0.343. The molecule has 0 bridgehead atoms. The highest BCUT2D eigenvalue weighted by Crippen LogP contribution is 2.28. The number of hydrogen-bond donors (Lipinski definition) is 1. The van der Waals surface area contributed by atoms with Gasteiger partial charge in [-0.05, 0) is 50.3 Å². The number of benzene rings is 1. The van der Waals surface area contributed by atoms with Crippen molar-refractivity contribution in [2.45, 2.75) is 52.0 Å². The summed E-state index contributed by atoms with van der Waals surface area (Å²) in [5, 5.41) is 0. The van der Waals surface area contributed by atoms with Crippen LogP contribution in [0.1, 0.15) is 38.3 Å². The fraction of sp³-hybridized carbons (Fsp3) is 0.600. The number of aryl methyl sites for hydroxylation is 1. The molecule has 0 saturated carbocycles. The van der Waals surface area contributed by atoms with Gasteiger partial charge in [-0.25, -0.2) is 8.42 Å². The molecule has 0 radical (unpaired) electrons. The molecule has 0 heterocycles. The normalized spacial score (nSPS) is 14.0. The van der Waals surface area contributed by atoms with Crippen LogP contribution in [-0.2, 0) is 10.0 Å². The molecule has 2 N–H and O–H groups in total. The fourth-order valence-electron chi connectivity index (χ4n) is 2.45. The van der Waals surface area contributed by atoms with Crippen LogP contribution in [0.25, 0.3) is 0 Å². The number of nitrogens with zero attached hydrogens (tertiary/aromatic N) is 1. The lowest BCUT2D eigenvalue weighted by Gasteiger charge is -2.27. The predicted molar refractivity (Wildman–Crippen MR) is 84.2 cm³/mol. The van der Waals surface area contributed by atoms with Crippen LogP contribution in [0.3, 0.4) is 0 Å². The fourth-order valence-corrected chi connectivity index (χ4v) is 4.28. The van der Waals surface area contributed by atoms with Gasteiger partial charge in [0.05, 0.1) is 4.90 Å². The van der Waals surface area contributed by atoms with E-state index in [4.69, 9.17) is 5.73 Å². The molecule has 1 aromatic rings. The van der Waals surface area contributed by atoms with Gasteiger partial charge in [0.1, 0.15) is 0 Å². The lowest BCUT2D eigenvalue weighted by Crippen LogP contribution is -2.36. The molecule has 0 amide bonds. The highest BCUT2D eigenvalue weighted by Gasteiger charge is 2.29. The molecule has 0 aliphatic carbocycles. The molecule has 1 rings (SSSR count). The van der Waals surface area contributed by atoms with Crippen LogP contribution in [0, 0.1) is 19.8 Å². The van der Waals surface area contributed by atoms with Crippen molar-refractivity contribution >= 4 is 15.7 Å². The van der Waals surface area contributed by atoms with Gasteiger partial charge in [0.25, 0.3) is 0 Å². The second kappa shape index (κ2) is 6.14. The van der Waals surface area contributed by atoms with E-state index in [2.05, 4.69) is 13.8 Å². The molecule has 20 heavy (non-hydrogen) atoms. The van der Waals surface area contributed by atoms with Gasteiger partial charge in [-0.3, -0.25) is 0 Å². The molecule has 114 valence electrons. The molecule has 5 heteroatoms. The van der Waals surface area contributed by atoms with Gasteiger partial charge in [-0.1, -0.05) is 19.9 Å². The van der Waals surface area contributed by atoms with E-state index in [1.165, 1.54) is 4.31 Å². The van der Waals surface area contributed by atoms with Crippen molar-refractivity contribution in [3.05, 3.63) is 23.3 Å². The van der Waals surface area contributed by atoms with Crippen LogP contribution < -0.4 is 5.73 Å². The SMILES string of the molecule is Cc1ccc(N)c(C)c1S(=O)(=O)N(C)C(C)CC(C)C. The zero-order valence-electron chi connectivity index (χ0n) is 13.3. The van der Waals surface area contributed by atoms with E-state index < -0.39 is 10.0 Å². The van der Waals surface area contributed by atoms with Crippen LogP contribution >= 0.6 is 0 Å². The van der Waals surface area contributed by atoms with Crippen molar-refractivity contribution in [2.24, 2.45) is 5.92 Å². The number of nitrogens with two attached hydrogens (primary N) is 1. The Balaban J connectivity index is 3.27. The first kappa shape index (κ1) is 17.0. The molecule has 1 aromatic carbocycles. The van der Waals surface area contributed by atoms with E-state index in [1.807, 2.05) is 6.92 Å². The van der Waals surface area contributed by atoms with Crippen molar-refractivity contribution in [3.8, 4) is 0 Å². The quantitative estimate of drug-likeness (QED) is 0.850. The highest BCUT2D eigenvalue weighted by atomic mass is 32.2. The van der Waals surface area contributed by atoms with Gasteiger partial charge in [0.2, 0.25) is 10.0 Å². The third-order valence-electron chi connectivity index (χ3n) is 3.71. The molecule has 0 fully saturated rings. The van der Waals surface area contributed by atoms with Gasteiger partial charge in [0.15, 0.2) is 0 Å². The highest BCUT2D eigenvalue weighted by molar-refractivity contribution is 7.89. The summed E-state index contributed by atoms with van der Waals surface area (Å²) in [5.41, 5.74) is 7.74. The first-order valence-corrected chi connectivity index (χ1v) is 8.36. The van der Waals surface area contributed by atoms with Gasteiger partial charge in [-0.15, -0.1) is 0 Å². The Kier molecular flexibility index (Phi) is 5.21. The Morgan fingerprint density at radius 1 is 1.20 bits per heavy atom. The molecule has 0 aliphatic heterocycles. The molecule has 1 atom stereocenters. The van der Waals surface area contributed by atoms with Crippen molar-refractivity contribution in [2.75, 3.05) is 12.8 Å². The zero-order valence-corrected chi connectivity index (χ0v) is 14.1. The summed E-state index contributed by atoms with van der Waals surface area (Å²) in [5.74, 6) is 0.450. The maximum atomic E-state index is 12.8. The molecular weight excluding hydrogens is 272 g/mol. The topological polar surface area (TPSA) is 63.4 Å². The van der Waals surface area contributed by atoms with Crippen LogP contribution in [0.4, 0.5) is 5.69 Å². The maximum absolute atomic E-state index is 12.8. The molecule has 4 nitrogen and oxygen atoms in total. The van der Waals surface area contributed by atoms with Crippen LogP contribution in [0.2, 0.25) is 0 Å². The monoisotopic (exact) mass is 298 g/mol. The molecule has 1 unspecified atom stereocenters. The Hall–Kier alpha value is -1.07. The Bertz CT molecular complexity index is 580. The lowest BCUT2D eigenvalue weighted by atomic mass is 10.1. The van der Waals surface area contributed by atoms with Crippen molar-refractivity contribution in [1.82, 2.24) is 4.31 Å². The number of anilines is 1. The number of nitrogen functional groups attached to an aromatic ring is 1. The van der Waals surface area contributed by atoms with E-state index in [-0.39, 0.29) is 6.04 Å². The molecule has 0 spiro atoms. The average molecular weight is 298 g/mol. The molecule has 0 aromatic heterocycles. The average Bonchev–Trinajstić information content (AvgIpc) is 2.32. The standard InChI is InChI=1S/C15H26N2O2S/c1-10(2)9-12(4)17(6)20(18,19)15-11(3)7-8-14(16)13(15)5/h7-8,10,12H,9,16H2,1-6H3. The minimum absolute atomic E-state index is 0.0415. The minimum Gasteiger partial charge on any atom is -0.398 e. The second-order valence-electron chi connectivity index (χ2n) is 5.93. The summed E-state index contributed by atoms with van der Waals surface area (Å²) in [7, 11) is -1.87. The predicted octanol–water partition coefficient (Wildman–Crippen LogP) is 2.94. The lowest BCUT2D eigenvalue weighted by molar-refractivity contribution is 0.337. The van der Waals surface area contributed by atoms with Crippen molar-refractivity contribution in [1.29, 1.82) is 0 Å². The van der Waals surface area contributed by atoms with Gasteiger partial charge in [0, 0.05) is 18.8 Å². The maximum Gasteiger partial charge on any atom is 0.243 e. The molecule has 0 saturated heterocycles. The van der Waals surface area contributed by atoms with Crippen LogP contribution in [-0.4, -0.2) is 25.8 Å². The summed E-state index contributed by atoms with van der Waals surface area (Å²) in [6, 6.07) is 3.47.